The lowest BCUT2D eigenvalue weighted by Crippen LogP contribution is -2.45. The van der Waals surface area contributed by atoms with E-state index < -0.39 is 6.04 Å². The summed E-state index contributed by atoms with van der Waals surface area (Å²) in [6.45, 7) is 3.07. The minimum Gasteiger partial charge on any atom is -0.339 e. The molecule has 32 heavy (non-hydrogen) atoms. The van der Waals surface area contributed by atoms with Crippen LogP contribution in [0.1, 0.15) is 20.8 Å². The monoisotopic (exact) mass is 465 g/mol. The van der Waals surface area contributed by atoms with Crippen LogP contribution >= 0.6 is 23.1 Å². The van der Waals surface area contributed by atoms with E-state index in [9.17, 15) is 9.59 Å². The van der Waals surface area contributed by atoms with Crippen LogP contribution in [0.2, 0.25) is 0 Å². The Morgan fingerprint density at radius 1 is 0.938 bits per heavy atom. The van der Waals surface area contributed by atoms with E-state index in [4.69, 9.17) is 0 Å². The van der Waals surface area contributed by atoms with Gasteiger partial charge in [-0.25, -0.2) is 0 Å². The van der Waals surface area contributed by atoms with E-state index in [2.05, 4.69) is 21.6 Å². The number of thiophene rings is 1. The topological polar surface area (TPSA) is 61.4 Å². The van der Waals surface area contributed by atoms with E-state index in [0.717, 1.165) is 30.9 Å². The van der Waals surface area contributed by atoms with Crippen LogP contribution in [0.25, 0.3) is 0 Å². The molecule has 2 heterocycles. The number of carbonyl (C=O) groups excluding carboxylic acids is 2. The molecule has 0 radical (unpaired) electrons. The molecule has 1 atom stereocenters. The molecule has 0 saturated carbocycles. The van der Waals surface area contributed by atoms with Gasteiger partial charge in [0.2, 0.25) is 5.91 Å². The van der Waals surface area contributed by atoms with Gasteiger partial charge in [-0.05, 0) is 34.7 Å². The number of hydrogen-bond donors (Lipinski definition) is 2. The lowest BCUT2D eigenvalue weighted by molar-refractivity contribution is -0.118. The maximum absolute atomic E-state index is 13.2. The molecule has 1 unspecified atom stereocenters. The third kappa shape index (κ3) is 6.45. The molecule has 5 nitrogen and oxygen atoms in total. The first kappa shape index (κ1) is 22.6. The SMILES string of the molecule is O=C(NC(Cc1ccccc1)C(=O)Nc1cccc(CN2CCSCC2)c1)c1cccs1. The van der Waals surface area contributed by atoms with E-state index in [1.807, 2.05) is 71.7 Å². The summed E-state index contributed by atoms with van der Waals surface area (Å²) in [5.74, 6) is 1.89. The zero-order chi connectivity index (χ0) is 22.2. The minimum atomic E-state index is -0.672. The maximum atomic E-state index is 13.2. The van der Waals surface area contributed by atoms with Gasteiger partial charge in [-0.15, -0.1) is 11.3 Å². The second-order valence-electron chi connectivity index (χ2n) is 7.77. The summed E-state index contributed by atoms with van der Waals surface area (Å²) in [6, 6.07) is 20.7. The lowest BCUT2D eigenvalue weighted by Gasteiger charge is -2.26. The fraction of sp³-hybridized carbons (Fsp3) is 0.280. The van der Waals surface area contributed by atoms with Crippen molar-refractivity contribution in [1.29, 1.82) is 0 Å². The molecule has 7 heteroatoms. The van der Waals surface area contributed by atoms with Crippen molar-refractivity contribution in [2.75, 3.05) is 29.9 Å². The molecule has 1 aromatic heterocycles. The van der Waals surface area contributed by atoms with Crippen molar-refractivity contribution in [3.63, 3.8) is 0 Å². The van der Waals surface area contributed by atoms with Crippen LogP contribution in [0, 0.1) is 0 Å². The zero-order valence-corrected chi connectivity index (χ0v) is 19.5. The molecular formula is C25H27N3O2S2. The van der Waals surface area contributed by atoms with Gasteiger partial charge in [-0.1, -0.05) is 48.5 Å². The standard InChI is InChI=1S/C25H27N3O2S2/c29-24(26-21-9-4-8-20(16-21)18-28-11-14-31-15-12-28)22(17-19-6-2-1-3-7-19)27-25(30)23-10-5-13-32-23/h1-10,13,16,22H,11-12,14-15,17-18H2,(H,26,29)(H,27,30). The van der Waals surface area contributed by atoms with Crippen LogP contribution in [0.4, 0.5) is 5.69 Å². The van der Waals surface area contributed by atoms with E-state index in [1.165, 1.54) is 28.4 Å². The summed E-state index contributed by atoms with van der Waals surface area (Å²) < 4.78 is 0. The number of nitrogens with one attached hydrogen (secondary N) is 2. The van der Waals surface area contributed by atoms with E-state index in [1.54, 1.807) is 6.07 Å². The molecule has 2 aromatic carbocycles. The van der Waals surface area contributed by atoms with Gasteiger partial charge < -0.3 is 10.6 Å². The van der Waals surface area contributed by atoms with E-state index in [-0.39, 0.29) is 11.8 Å². The highest BCUT2D eigenvalue weighted by Gasteiger charge is 2.23. The molecule has 0 aliphatic carbocycles. The Morgan fingerprint density at radius 3 is 2.47 bits per heavy atom. The second-order valence-corrected chi connectivity index (χ2v) is 9.94. The van der Waals surface area contributed by atoms with Crippen LogP contribution in [-0.2, 0) is 17.8 Å². The van der Waals surface area contributed by atoms with Crippen molar-refractivity contribution in [2.24, 2.45) is 0 Å². The molecule has 0 bridgehead atoms. The van der Waals surface area contributed by atoms with Gasteiger partial charge in [0.25, 0.3) is 5.91 Å². The van der Waals surface area contributed by atoms with Crippen molar-refractivity contribution in [1.82, 2.24) is 10.2 Å². The van der Waals surface area contributed by atoms with Gasteiger partial charge in [-0.3, -0.25) is 14.5 Å². The Kier molecular flexibility index (Phi) is 7.98. The van der Waals surface area contributed by atoms with Crippen molar-refractivity contribution in [3.05, 3.63) is 88.1 Å². The van der Waals surface area contributed by atoms with Gasteiger partial charge in [0, 0.05) is 43.2 Å². The molecule has 0 spiro atoms. The summed E-state index contributed by atoms with van der Waals surface area (Å²) in [4.78, 5) is 28.9. The number of rotatable bonds is 8. The molecule has 1 aliphatic heterocycles. The summed E-state index contributed by atoms with van der Waals surface area (Å²) in [5.41, 5.74) is 2.93. The Morgan fingerprint density at radius 2 is 1.72 bits per heavy atom. The highest BCUT2D eigenvalue weighted by Crippen LogP contribution is 2.17. The van der Waals surface area contributed by atoms with Gasteiger partial charge >= 0.3 is 0 Å². The summed E-state index contributed by atoms with van der Waals surface area (Å²) in [6.07, 6.45) is 0.426. The van der Waals surface area contributed by atoms with E-state index >= 15 is 0 Å². The Labute approximate surface area is 197 Å². The van der Waals surface area contributed by atoms with E-state index in [0.29, 0.717) is 11.3 Å². The number of carbonyl (C=O) groups is 2. The number of nitrogens with zero attached hydrogens (tertiary/aromatic N) is 1. The number of amides is 2. The first-order valence-electron chi connectivity index (χ1n) is 10.8. The molecular weight excluding hydrogens is 438 g/mol. The van der Waals surface area contributed by atoms with Crippen molar-refractivity contribution in [2.45, 2.75) is 19.0 Å². The molecule has 1 aliphatic rings. The third-order valence-corrected chi connectivity index (χ3v) is 7.16. The van der Waals surface area contributed by atoms with Crippen molar-refractivity contribution < 1.29 is 9.59 Å². The largest absolute Gasteiger partial charge is 0.339 e. The van der Waals surface area contributed by atoms with Crippen molar-refractivity contribution >= 4 is 40.6 Å². The predicted molar refractivity (Wildman–Crippen MR) is 133 cm³/mol. The molecule has 2 N–H and O–H groups in total. The Hall–Kier alpha value is -2.61. The number of anilines is 1. The highest BCUT2D eigenvalue weighted by atomic mass is 32.2. The normalized spacial score (nSPS) is 15.1. The average Bonchev–Trinajstić information content (AvgIpc) is 3.35. The predicted octanol–water partition coefficient (Wildman–Crippen LogP) is 4.28. The average molecular weight is 466 g/mol. The van der Waals surface area contributed by atoms with Crippen LogP contribution < -0.4 is 10.6 Å². The quantitative estimate of drug-likeness (QED) is 0.521. The number of thioether (sulfide) groups is 1. The van der Waals surface area contributed by atoms with Crippen molar-refractivity contribution in [3.8, 4) is 0 Å². The van der Waals surface area contributed by atoms with Crippen LogP contribution in [0.15, 0.2) is 72.1 Å². The fourth-order valence-electron chi connectivity index (χ4n) is 3.69. The molecule has 1 fully saturated rings. The lowest BCUT2D eigenvalue weighted by atomic mass is 10.0. The summed E-state index contributed by atoms with van der Waals surface area (Å²) >= 11 is 3.36. The van der Waals surface area contributed by atoms with Crippen LogP contribution in [0.3, 0.4) is 0 Å². The minimum absolute atomic E-state index is 0.217. The zero-order valence-electron chi connectivity index (χ0n) is 17.8. The molecule has 3 aromatic rings. The number of benzene rings is 2. The molecule has 2 amide bonds. The molecule has 4 rings (SSSR count). The highest BCUT2D eigenvalue weighted by molar-refractivity contribution is 7.99. The van der Waals surface area contributed by atoms with Gasteiger partial charge in [0.05, 0.1) is 4.88 Å². The summed E-state index contributed by atoms with van der Waals surface area (Å²) in [7, 11) is 0. The molecule has 1 saturated heterocycles. The molecule has 166 valence electrons. The smallest absolute Gasteiger partial charge is 0.262 e. The third-order valence-electron chi connectivity index (χ3n) is 5.35. The van der Waals surface area contributed by atoms with Crippen LogP contribution in [0.5, 0.6) is 0 Å². The van der Waals surface area contributed by atoms with Gasteiger partial charge in [0.1, 0.15) is 6.04 Å². The first-order valence-corrected chi connectivity index (χ1v) is 12.8. The summed E-state index contributed by atoms with van der Waals surface area (Å²) in [5, 5.41) is 7.79. The maximum Gasteiger partial charge on any atom is 0.262 e. The number of hydrogen-bond acceptors (Lipinski definition) is 5. The Bertz CT molecular complexity index is 1020. The van der Waals surface area contributed by atoms with Gasteiger partial charge in [0.15, 0.2) is 0 Å². The Balaban J connectivity index is 1.45. The van der Waals surface area contributed by atoms with Crippen LogP contribution in [-0.4, -0.2) is 47.4 Å². The second kappa shape index (κ2) is 11.3. The van der Waals surface area contributed by atoms with Gasteiger partial charge in [-0.2, -0.15) is 11.8 Å². The first-order chi connectivity index (χ1) is 15.7. The fourth-order valence-corrected chi connectivity index (χ4v) is 5.30.